The van der Waals surface area contributed by atoms with Gasteiger partial charge in [0.25, 0.3) is 5.91 Å². The van der Waals surface area contributed by atoms with Gasteiger partial charge in [-0.05, 0) is 12.0 Å². The standard InChI is InChI=1S/C12H14ClFN2O3/c1-3-6(2)9(12(18)19)16-11(17)8-4-7(14)5-15-10(8)13/h4-6,9H,3H2,1-2H3,(H,16,17)(H,18,19). The molecule has 2 unspecified atom stereocenters. The van der Waals surface area contributed by atoms with Crippen LogP contribution < -0.4 is 5.32 Å². The van der Waals surface area contributed by atoms with Gasteiger partial charge in [0.15, 0.2) is 0 Å². The second-order valence-electron chi connectivity index (χ2n) is 4.17. The van der Waals surface area contributed by atoms with Crippen molar-refractivity contribution in [3.63, 3.8) is 0 Å². The number of halogens is 2. The van der Waals surface area contributed by atoms with Gasteiger partial charge < -0.3 is 10.4 Å². The molecule has 0 spiro atoms. The molecule has 1 aromatic heterocycles. The van der Waals surface area contributed by atoms with Crippen molar-refractivity contribution in [3.8, 4) is 0 Å². The second kappa shape index (κ2) is 6.47. The van der Waals surface area contributed by atoms with Gasteiger partial charge in [0.2, 0.25) is 0 Å². The Bertz CT molecular complexity index is 496. The number of carbonyl (C=O) groups is 2. The molecule has 0 saturated heterocycles. The Morgan fingerprint density at radius 2 is 2.21 bits per heavy atom. The van der Waals surface area contributed by atoms with Crippen LogP contribution in [-0.4, -0.2) is 28.0 Å². The van der Waals surface area contributed by atoms with Crippen LogP contribution in [0.4, 0.5) is 4.39 Å². The van der Waals surface area contributed by atoms with Gasteiger partial charge in [-0.15, -0.1) is 0 Å². The second-order valence-corrected chi connectivity index (χ2v) is 4.52. The Morgan fingerprint density at radius 1 is 1.58 bits per heavy atom. The Kier molecular flexibility index (Phi) is 5.23. The van der Waals surface area contributed by atoms with Gasteiger partial charge >= 0.3 is 5.97 Å². The first-order valence-electron chi connectivity index (χ1n) is 5.71. The van der Waals surface area contributed by atoms with Crippen LogP contribution >= 0.6 is 11.6 Å². The van der Waals surface area contributed by atoms with Gasteiger partial charge in [-0.3, -0.25) is 4.79 Å². The lowest BCUT2D eigenvalue weighted by Gasteiger charge is -2.20. The van der Waals surface area contributed by atoms with E-state index in [-0.39, 0.29) is 16.6 Å². The highest BCUT2D eigenvalue weighted by Crippen LogP contribution is 2.15. The summed E-state index contributed by atoms with van der Waals surface area (Å²) in [7, 11) is 0. The van der Waals surface area contributed by atoms with E-state index in [4.69, 9.17) is 16.7 Å². The predicted molar refractivity (Wildman–Crippen MR) is 67.6 cm³/mol. The summed E-state index contributed by atoms with van der Waals surface area (Å²) in [6.45, 7) is 3.51. The molecule has 5 nitrogen and oxygen atoms in total. The molecule has 0 aliphatic rings. The molecule has 19 heavy (non-hydrogen) atoms. The Labute approximate surface area is 114 Å². The van der Waals surface area contributed by atoms with Crippen molar-refractivity contribution in [3.05, 3.63) is 28.8 Å². The van der Waals surface area contributed by atoms with Crippen molar-refractivity contribution in [2.24, 2.45) is 5.92 Å². The van der Waals surface area contributed by atoms with Crippen molar-refractivity contribution in [1.29, 1.82) is 0 Å². The van der Waals surface area contributed by atoms with Gasteiger partial charge in [0.1, 0.15) is 17.0 Å². The zero-order valence-corrected chi connectivity index (χ0v) is 11.2. The summed E-state index contributed by atoms with van der Waals surface area (Å²) >= 11 is 5.68. The molecule has 1 aromatic rings. The van der Waals surface area contributed by atoms with Crippen LogP contribution in [0.2, 0.25) is 5.15 Å². The van der Waals surface area contributed by atoms with Gasteiger partial charge in [-0.1, -0.05) is 31.9 Å². The van der Waals surface area contributed by atoms with E-state index in [1.165, 1.54) is 0 Å². The van der Waals surface area contributed by atoms with E-state index in [9.17, 15) is 14.0 Å². The normalized spacial score (nSPS) is 13.7. The Hall–Kier alpha value is -1.69. The molecule has 7 heteroatoms. The summed E-state index contributed by atoms with van der Waals surface area (Å²) in [5.74, 6) is -2.89. The highest BCUT2D eigenvalue weighted by atomic mass is 35.5. The first-order chi connectivity index (χ1) is 8.86. The zero-order chi connectivity index (χ0) is 14.6. The number of carboxylic acid groups (broad SMARTS) is 1. The third-order valence-corrected chi connectivity index (χ3v) is 3.12. The van der Waals surface area contributed by atoms with E-state index in [0.717, 1.165) is 12.3 Å². The summed E-state index contributed by atoms with van der Waals surface area (Å²) < 4.78 is 13.0. The third kappa shape index (κ3) is 3.89. The summed E-state index contributed by atoms with van der Waals surface area (Å²) in [6.07, 6.45) is 1.45. The van der Waals surface area contributed by atoms with Crippen LogP contribution in [0.3, 0.4) is 0 Å². The number of nitrogens with one attached hydrogen (secondary N) is 1. The lowest BCUT2D eigenvalue weighted by Crippen LogP contribution is -2.45. The lowest BCUT2D eigenvalue weighted by atomic mass is 9.99. The quantitative estimate of drug-likeness (QED) is 0.813. The summed E-state index contributed by atoms with van der Waals surface area (Å²) in [5, 5.41) is 11.2. The van der Waals surface area contributed by atoms with E-state index < -0.39 is 23.7 Å². The molecule has 0 radical (unpaired) electrons. The zero-order valence-electron chi connectivity index (χ0n) is 10.5. The molecule has 0 fully saturated rings. The summed E-state index contributed by atoms with van der Waals surface area (Å²) in [4.78, 5) is 26.5. The van der Waals surface area contributed by atoms with Gasteiger partial charge in [-0.25, -0.2) is 14.2 Å². The molecule has 0 saturated carbocycles. The average molecular weight is 289 g/mol. The van der Waals surface area contributed by atoms with Crippen LogP contribution in [-0.2, 0) is 4.79 Å². The molecule has 0 bridgehead atoms. The molecule has 104 valence electrons. The molecular formula is C12H14ClFN2O3. The number of pyridine rings is 1. The minimum atomic E-state index is -1.15. The number of hydrogen-bond acceptors (Lipinski definition) is 3. The number of aliphatic carboxylic acids is 1. The summed E-state index contributed by atoms with van der Waals surface area (Å²) in [6, 6.07) is -0.142. The largest absolute Gasteiger partial charge is 0.480 e. The molecular weight excluding hydrogens is 275 g/mol. The van der Waals surface area contributed by atoms with E-state index >= 15 is 0 Å². The maximum atomic E-state index is 13.0. The maximum absolute atomic E-state index is 13.0. The van der Waals surface area contributed by atoms with Crippen LogP contribution in [0.5, 0.6) is 0 Å². The highest BCUT2D eigenvalue weighted by Gasteiger charge is 2.26. The molecule has 1 heterocycles. The fourth-order valence-electron chi connectivity index (χ4n) is 1.48. The molecule has 1 amide bonds. The van der Waals surface area contributed by atoms with E-state index in [0.29, 0.717) is 6.42 Å². The fraction of sp³-hybridized carbons (Fsp3) is 0.417. The number of aromatic nitrogens is 1. The molecule has 2 N–H and O–H groups in total. The summed E-state index contributed by atoms with van der Waals surface area (Å²) in [5.41, 5.74) is -0.184. The average Bonchev–Trinajstić information content (AvgIpc) is 2.37. The first-order valence-corrected chi connectivity index (χ1v) is 6.09. The monoisotopic (exact) mass is 288 g/mol. The number of carboxylic acids is 1. The fourth-order valence-corrected chi connectivity index (χ4v) is 1.67. The molecule has 0 aliphatic carbocycles. The van der Waals surface area contributed by atoms with E-state index in [2.05, 4.69) is 10.3 Å². The van der Waals surface area contributed by atoms with Crippen LogP contribution in [0.15, 0.2) is 12.3 Å². The molecule has 0 aromatic carbocycles. The van der Waals surface area contributed by atoms with E-state index in [1.807, 2.05) is 6.92 Å². The van der Waals surface area contributed by atoms with Crippen molar-refractivity contribution >= 4 is 23.5 Å². The van der Waals surface area contributed by atoms with Crippen molar-refractivity contribution in [2.75, 3.05) is 0 Å². The molecule has 2 atom stereocenters. The van der Waals surface area contributed by atoms with E-state index in [1.54, 1.807) is 6.92 Å². The Balaban J connectivity index is 2.94. The van der Waals surface area contributed by atoms with Crippen molar-refractivity contribution in [1.82, 2.24) is 10.3 Å². The number of carbonyl (C=O) groups excluding carboxylic acids is 1. The first kappa shape index (κ1) is 15.4. The number of hydrogen-bond donors (Lipinski definition) is 2. The van der Waals surface area contributed by atoms with Gasteiger partial charge in [0, 0.05) is 0 Å². The predicted octanol–water partition coefficient (Wildman–Crippen LogP) is 2.10. The Morgan fingerprint density at radius 3 is 2.74 bits per heavy atom. The number of amides is 1. The van der Waals surface area contributed by atoms with Crippen LogP contribution in [0, 0.1) is 11.7 Å². The number of rotatable bonds is 5. The molecule has 1 rings (SSSR count). The van der Waals surface area contributed by atoms with Crippen molar-refractivity contribution in [2.45, 2.75) is 26.3 Å². The molecule has 0 aliphatic heterocycles. The lowest BCUT2D eigenvalue weighted by molar-refractivity contribution is -0.140. The van der Waals surface area contributed by atoms with Crippen LogP contribution in [0.25, 0.3) is 0 Å². The maximum Gasteiger partial charge on any atom is 0.326 e. The SMILES string of the molecule is CCC(C)C(NC(=O)c1cc(F)cnc1Cl)C(=O)O. The van der Waals surface area contributed by atoms with Crippen molar-refractivity contribution < 1.29 is 19.1 Å². The van der Waals surface area contributed by atoms with Gasteiger partial charge in [0.05, 0.1) is 11.8 Å². The third-order valence-electron chi connectivity index (χ3n) is 2.82. The van der Waals surface area contributed by atoms with Gasteiger partial charge in [-0.2, -0.15) is 0 Å². The minimum Gasteiger partial charge on any atom is -0.480 e. The minimum absolute atomic E-state index is 0.174. The number of nitrogens with zero attached hydrogens (tertiary/aromatic N) is 1. The highest BCUT2D eigenvalue weighted by molar-refractivity contribution is 6.32. The smallest absolute Gasteiger partial charge is 0.326 e. The van der Waals surface area contributed by atoms with Crippen LogP contribution in [0.1, 0.15) is 30.6 Å². The topological polar surface area (TPSA) is 79.3 Å².